The third-order valence-corrected chi connectivity index (χ3v) is 5.70. The summed E-state index contributed by atoms with van der Waals surface area (Å²) in [5.41, 5.74) is 1.57. The molecule has 2 aromatic carbocycles. The van der Waals surface area contributed by atoms with Gasteiger partial charge in [-0.3, -0.25) is 14.5 Å². The number of piperazine rings is 1. The summed E-state index contributed by atoms with van der Waals surface area (Å²) < 4.78 is 5.22. The highest BCUT2D eigenvalue weighted by molar-refractivity contribution is 6.33. The van der Waals surface area contributed by atoms with E-state index in [1.165, 1.54) is 4.90 Å². The predicted octanol–water partition coefficient (Wildman–Crippen LogP) is 2.80. The summed E-state index contributed by atoms with van der Waals surface area (Å²) in [6.45, 7) is 2.95. The molecule has 0 aliphatic carbocycles. The van der Waals surface area contributed by atoms with Crippen LogP contribution in [0.25, 0.3) is 0 Å². The first-order valence-corrected chi connectivity index (χ1v) is 9.70. The summed E-state index contributed by atoms with van der Waals surface area (Å²) in [5.74, 6) is 0.288. The van der Waals surface area contributed by atoms with E-state index < -0.39 is 6.04 Å². The normalized spacial score (nSPS) is 20.7. The van der Waals surface area contributed by atoms with Crippen molar-refractivity contribution in [1.29, 1.82) is 0 Å². The van der Waals surface area contributed by atoms with Gasteiger partial charge in [-0.15, -0.1) is 0 Å². The molecule has 0 bridgehead atoms. The number of hydrogen-bond donors (Lipinski definition) is 0. The highest BCUT2D eigenvalue weighted by atomic mass is 35.5. The van der Waals surface area contributed by atoms with Crippen molar-refractivity contribution in [3.05, 3.63) is 53.6 Å². The lowest BCUT2D eigenvalue weighted by Crippen LogP contribution is -2.52. The van der Waals surface area contributed by atoms with Crippen LogP contribution in [0.15, 0.2) is 48.5 Å². The molecule has 2 heterocycles. The number of para-hydroxylation sites is 1. The van der Waals surface area contributed by atoms with Crippen LogP contribution in [0.1, 0.15) is 6.42 Å². The van der Waals surface area contributed by atoms with Crippen molar-refractivity contribution in [3.8, 4) is 5.75 Å². The Balaban J connectivity index is 1.45. The first-order valence-electron chi connectivity index (χ1n) is 9.33. The van der Waals surface area contributed by atoms with E-state index in [0.717, 1.165) is 23.8 Å². The molecule has 7 heteroatoms. The van der Waals surface area contributed by atoms with Crippen molar-refractivity contribution in [1.82, 2.24) is 4.90 Å². The molecule has 146 valence electrons. The van der Waals surface area contributed by atoms with Gasteiger partial charge in [0.2, 0.25) is 5.91 Å². The molecule has 2 saturated heterocycles. The van der Waals surface area contributed by atoms with Gasteiger partial charge in [0, 0.05) is 32.2 Å². The van der Waals surface area contributed by atoms with Crippen LogP contribution in [0, 0.1) is 0 Å². The fraction of sp³-hybridized carbons (Fsp3) is 0.333. The number of ether oxygens (including phenoxy) is 1. The number of benzene rings is 2. The minimum atomic E-state index is -0.410. The molecule has 2 fully saturated rings. The number of carbonyl (C=O) groups is 2. The number of amides is 2. The molecule has 0 unspecified atom stereocenters. The molecule has 6 nitrogen and oxygen atoms in total. The molecule has 2 amide bonds. The number of anilines is 2. The minimum absolute atomic E-state index is 0.163. The number of nitrogens with zero attached hydrogens (tertiary/aromatic N) is 3. The maximum absolute atomic E-state index is 13.0. The van der Waals surface area contributed by atoms with E-state index in [2.05, 4.69) is 9.80 Å². The second kappa shape index (κ2) is 7.81. The Bertz CT molecular complexity index is 896. The van der Waals surface area contributed by atoms with E-state index in [0.29, 0.717) is 24.5 Å². The molecule has 0 spiro atoms. The molecule has 2 aliphatic heterocycles. The first-order chi connectivity index (χ1) is 13.6. The lowest BCUT2D eigenvalue weighted by Gasteiger charge is -2.38. The number of carbonyl (C=O) groups excluding carboxylic acids is 2. The van der Waals surface area contributed by atoms with Crippen molar-refractivity contribution >= 4 is 34.8 Å². The summed E-state index contributed by atoms with van der Waals surface area (Å²) in [6.07, 6.45) is 0.210. The first kappa shape index (κ1) is 18.8. The van der Waals surface area contributed by atoms with Crippen LogP contribution in [0.2, 0.25) is 5.02 Å². The topological polar surface area (TPSA) is 53.1 Å². The molecule has 0 saturated carbocycles. The number of hydrogen-bond acceptors (Lipinski definition) is 5. The van der Waals surface area contributed by atoms with Gasteiger partial charge in [0.05, 0.1) is 36.0 Å². The van der Waals surface area contributed by atoms with Gasteiger partial charge in [0.1, 0.15) is 5.75 Å². The van der Waals surface area contributed by atoms with Crippen molar-refractivity contribution in [2.45, 2.75) is 12.5 Å². The largest absolute Gasteiger partial charge is 0.497 e. The van der Waals surface area contributed by atoms with Crippen molar-refractivity contribution in [3.63, 3.8) is 0 Å². The van der Waals surface area contributed by atoms with E-state index in [1.807, 2.05) is 24.3 Å². The summed E-state index contributed by atoms with van der Waals surface area (Å²) in [4.78, 5) is 31.2. The SMILES string of the molecule is COc1cccc(N2C(=O)C[C@@H](N3CCN(c4ccccc4Cl)CC3)C2=O)c1. The average molecular weight is 400 g/mol. The molecule has 28 heavy (non-hydrogen) atoms. The van der Waals surface area contributed by atoms with E-state index in [-0.39, 0.29) is 18.2 Å². The van der Waals surface area contributed by atoms with Crippen LogP contribution >= 0.6 is 11.6 Å². The highest BCUT2D eigenvalue weighted by Crippen LogP contribution is 2.30. The zero-order chi connectivity index (χ0) is 19.7. The van der Waals surface area contributed by atoms with E-state index >= 15 is 0 Å². The summed E-state index contributed by atoms with van der Waals surface area (Å²) in [7, 11) is 1.56. The van der Waals surface area contributed by atoms with Crippen LogP contribution in [0.3, 0.4) is 0 Å². The van der Waals surface area contributed by atoms with Gasteiger partial charge in [0.15, 0.2) is 0 Å². The maximum Gasteiger partial charge on any atom is 0.251 e. The molecule has 4 rings (SSSR count). The molecular weight excluding hydrogens is 378 g/mol. The number of methoxy groups -OCH3 is 1. The molecule has 2 aromatic rings. The Morgan fingerprint density at radius 2 is 1.75 bits per heavy atom. The van der Waals surface area contributed by atoms with Gasteiger partial charge in [-0.25, -0.2) is 4.90 Å². The Hall–Kier alpha value is -2.57. The molecular formula is C21H22ClN3O3. The van der Waals surface area contributed by atoms with Crippen molar-refractivity contribution in [2.75, 3.05) is 43.1 Å². The summed E-state index contributed by atoms with van der Waals surface area (Å²) >= 11 is 6.30. The number of rotatable bonds is 4. The Labute approximate surface area is 169 Å². The van der Waals surface area contributed by atoms with Gasteiger partial charge >= 0.3 is 0 Å². The zero-order valence-electron chi connectivity index (χ0n) is 15.7. The molecule has 0 radical (unpaired) electrons. The van der Waals surface area contributed by atoms with Crippen LogP contribution in [-0.2, 0) is 9.59 Å². The standard InChI is InChI=1S/C21H22ClN3O3/c1-28-16-6-4-5-15(13-16)25-20(26)14-19(21(25)27)24-11-9-23(10-12-24)18-8-3-2-7-17(18)22/h2-8,13,19H,9-12,14H2,1H3/t19-/m1/s1. The van der Waals surface area contributed by atoms with Crippen LogP contribution in [0.4, 0.5) is 11.4 Å². The Kier molecular flexibility index (Phi) is 5.24. The molecule has 0 aromatic heterocycles. The van der Waals surface area contributed by atoms with Gasteiger partial charge in [-0.2, -0.15) is 0 Å². The highest BCUT2D eigenvalue weighted by Gasteiger charge is 2.43. The van der Waals surface area contributed by atoms with Crippen LogP contribution < -0.4 is 14.5 Å². The minimum Gasteiger partial charge on any atom is -0.497 e. The fourth-order valence-electron chi connectivity index (χ4n) is 3.90. The monoisotopic (exact) mass is 399 g/mol. The second-order valence-electron chi connectivity index (χ2n) is 6.96. The van der Waals surface area contributed by atoms with E-state index in [4.69, 9.17) is 16.3 Å². The van der Waals surface area contributed by atoms with E-state index in [9.17, 15) is 9.59 Å². The van der Waals surface area contributed by atoms with Crippen LogP contribution in [-0.4, -0.2) is 56.0 Å². The average Bonchev–Trinajstić information content (AvgIpc) is 3.02. The predicted molar refractivity (Wildman–Crippen MR) is 109 cm³/mol. The van der Waals surface area contributed by atoms with Crippen molar-refractivity contribution in [2.24, 2.45) is 0 Å². The number of imide groups is 1. The molecule has 1 atom stereocenters. The lowest BCUT2D eigenvalue weighted by atomic mass is 10.1. The molecule has 0 N–H and O–H groups in total. The second-order valence-corrected chi connectivity index (χ2v) is 7.37. The zero-order valence-corrected chi connectivity index (χ0v) is 16.4. The number of halogens is 1. The van der Waals surface area contributed by atoms with Gasteiger partial charge in [-0.05, 0) is 24.3 Å². The van der Waals surface area contributed by atoms with Gasteiger partial charge in [-0.1, -0.05) is 29.8 Å². The third kappa shape index (κ3) is 3.45. The lowest BCUT2D eigenvalue weighted by molar-refractivity contribution is -0.123. The van der Waals surface area contributed by atoms with Gasteiger partial charge in [0.25, 0.3) is 5.91 Å². The van der Waals surface area contributed by atoms with E-state index in [1.54, 1.807) is 31.4 Å². The third-order valence-electron chi connectivity index (χ3n) is 5.38. The smallest absolute Gasteiger partial charge is 0.251 e. The van der Waals surface area contributed by atoms with Gasteiger partial charge < -0.3 is 9.64 Å². The summed E-state index contributed by atoms with van der Waals surface area (Å²) in [5, 5.41) is 0.729. The quantitative estimate of drug-likeness (QED) is 0.740. The Morgan fingerprint density at radius 1 is 1.00 bits per heavy atom. The Morgan fingerprint density at radius 3 is 2.46 bits per heavy atom. The summed E-state index contributed by atoms with van der Waals surface area (Å²) in [6, 6.07) is 14.4. The molecule has 2 aliphatic rings. The van der Waals surface area contributed by atoms with Crippen molar-refractivity contribution < 1.29 is 14.3 Å². The maximum atomic E-state index is 13.0. The van der Waals surface area contributed by atoms with Crippen LogP contribution in [0.5, 0.6) is 5.75 Å². The fourth-order valence-corrected chi connectivity index (χ4v) is 4.16.